The molecule has 0 aliphatic heterocycles. The van der Waals surface area contributed by atoms with E-state index in [2.05, 4.69) is 10.6 Å². The lowest BCUT2D eigenvalue weighted by Crippen LogP contribution is -2.54. The molecule has 4 N–H and O–H groups in total. The second-order valence-electron chi connectivity index (χ2n) is 4.03. The second kappa shape index (κ2) is 6.75. The maximum atomic E-state index is 11.7. The van der Waals surface area contributed by atoms with Crippen molar-refractivity contribution in [2.24, 2.45) is 0 Å². The molecule has 6 heteroatoms. The number of hydrogen-bond donors (Lipinski definition) is 4. The van der Waals surface area contributed by atoms with Crippen LogP contribution in [0, 0.1) is 0 Å². The first-order valence-corrected chi connectivity index (χ1v) is 6.02. The lowest BCUT2D eigenvalue weighted by atomic mass is 9.87. The fraction of sp³-hybridized carbons (Fsp3) is 0.385. The van der Waals surface area contributed by atoms with E-state index in [-0.39, 0.29) is 19.6 Å². The van der Waals surface area contributed by atoms with E-state index in [0.29, 0.717) is 5.56 Å². The molecule has 0 heterocycles. The van der Waals surface area contributed by atoms with Crippen molar-refractivity contribution in [3.8, 4) is 0 Å². The average Bonchev–Trinajstić information content (AvgIpc) is 2.43. The zero-order chi connectivity index (χ0) is 14.3. The van der Waals surface area contributed by atoms with E-state index >= 15 is 0 Å². The van der Waals surface area contributed by atoms with Crippen LogP contribution in [-0.2, 0) is 10.3 Å². The van der Waals surface area contributed by atoms with Gasteiger partial charge < -0.3 is 20.8 Å². The largest absolute Gasteiger partial charge is 0.479 e. The van der Waals surface area contributed by atoms with E-state index in [1.165, 1.54) is 0 Å². The molecule has 0 aromatic heterocycles. The van der Waals surface area contributed by atoms with Crippen LogP contribution in [0.4, 0.5) is 4.79 Å². The van der Waals surface area contributed by atoms with Gasteiger partial charge in [-0.15, -0.1) is 0 Å². The number of hydrogen-bond acceptors (Lipinski definition) is 3. The number of carboxylic acids is 1. The topological polar surface area (TPSA) is 98.7 Å². The number of nitrogens with one attached hydrogen (secondary N) is 2. The first kappa shape index (κ1) is 15.0. The standard InChI is InChI=1S/C13H18N2O4/c1-2-13(11(17)18,10-6-4-3-5-7-10)15-12(19)14-8-9-16/h3-7,16H,2,8-9H2,1H3,(H,17,18)(H2,14,15,19)/t13-/m1/s1. The highest BCUT2D eigenvalue weighted by atomic mass is 16.4. The molecule has 0 saturated heterocycles. The Hall–Kier alpha value is -2.08. The predicted octanol–water partition coefficient (Wildman–Crippen LogP) is 0.668. The number of aliphatic hydroxyl groups excluding tert-OH is 1. The van der Waals surface area contributed by atoms with Gasteiger partial charge in [-0.2, -0.15) is 0 Å². The summed E-state index contributed by atoms with van der Waals surface area (Å²) in [6.07, 6.45) is 0.207. The number of carbonyl (C=O) groups excluding carboxylic acids is 1. The highest BCUT2D eigenvalue weighted by Gasteiger charge is 2.40. The molecular formula is C13H18N2O4. The van der Waals surface area contributed by atoms with Gasteiger partial charge in [-0.1, -0.05) is 37.3 Å². The Morgan fingerprint density at radius 1 is 1.26 bits per heavy atom. The Labute approximate surface area is 111 Å². The van der Waals surface area contributed by atoms with Crippen molar-refractivity contribution in [2.75, 3.05) is 13.2 Å². The summed E-state index contributed by atoms with van der Waals surface area (Å²) in [5, 5.41) is 23.0. The molecule has 0 saturated carbocycles. The van der Waals surface area contributed by atoms with Crippen LogP contribution in [0.2, 0.25) is 0 Å². The summed E-state index contributed by atoms with van der Waals surface area (Å²) in [5.41, 5.74) is -0.968. The molecule has 1 atom stereocenters. The Morgan fingerprint density at radius 3 is 2.37 bits per heavy atom. The number of aliphatic carboxylic acids is 1. The molecule has 6 nitrogen and oxygen atoms in total. The maximum Gasteiger partial charge on any atom is 0.334 e. The Kier molecular flexibility index (Phi) is 5.32. The number of rotatable bonds is 6. The van der Waals surface area contributed by atoms with Crippen LogP contribution < -0.4 is 10.6 Å². The lowest BCUT2D eigenvalue weighted by Gasteiger charge is -2.29. The van der Waals surface area contributed by atoms with E-state index in [1.54, 1.807) is 37.3 Å². The van der Waals surface area contributed by atoms with Gasteiger partial charge >= 0.3 is 12.0 Å². The van der Waals surface area contributed by atoms with E-state index < -0.39 is 17.5 Å². The number of carboxylic acid groups (broad SMARTS) is 1. The lowest BCUT2D eigenvalue weighted by molar-refractivity contribution is -0.145. The van der Waals surface area contributed by atoms with Crippen molar-refractivity contribution < 1.29 is 19.8 Å². The van der Waals surface area contributed by atoms with Gasteiger partial charge in [-0.25, -0.2) is 9.59 Å². The van der Waals surface area contributed by atoms with Crippen molar-refractivity contribution in [1.29, 1.82) is 0 Å². The summed E-state index contributed by atoms with van der Waals surface area (Å²) < 4.78 is 0. The minimum atomic E-state index is -1.47. The fourth-order valence-electron chi connectivity index (χ4n) is 1.82. The van der Waals surface area contributed by atoms with Crippen molar-refractivity contribution in [1.82, 2.24) is 10.6 Å². The highest BCUT2D eigenvalue weighted by molar-refractivity contribution is 5.87. The van der Waals surface area contributed by atoms with Gasteiger partial charge in [0.1, 0.15) is 0 Å². The number of carbonyl (C=O) groups is 2. The monoisotopic (exact) mass is 266 g/mol. The van der Waals surface area contributed by atoms with Crippen molar-refractivity contribution in [3.63, 3.8) is 0 Å². The van der Waals surface area contributed by atoms with Crippen LogP contribution in [0.15, 0.2) is 30.3 Å². The summed E-state index contributed by atoms with van der Waals surface area (Å²) in [4.78, 5) is 23.2. The Morgan fingerprint density at radius 2 is 1.89 bits per heavy atom. The Balaban J connectivity index is 3.01. The van der Waals surface area contributed by atoms with E-state index in [4.69, 9.17) is 5.11 Å². The molecule has 1 aromatic carbocycles. The minimum absolute atomic E-state index is 0.0695. The van der Waals surface area contributed by atoms with Gasteiger partial charge in [0, 0.05) is 6.54 Å². The number of benzene rings is 1. The number of amides is 2. The predicted molar refractivity (Wildman–Crippen MR) is 69.7 cm³/mol. The molecule has 1 rings (SSSR count). The van der Waals surface area contributed by atoms with E-state index in [9.17, 15) is 14.7 Å². The smallest absolute Gasteiger partial charge is 0.334 e. The molecule has 2 amide bonds. The fourth-order valence-corrected chi connectivity index (χ4v) is 1.82. The van der Waals surface area contributed by atoms with Gasteiger partial charge in [-0.3, -0.25) is 0 Å². The third-order valence-electron chi connectivity index (χ3n) is 2.89. The van der Waals surface area contributed by atoms with E-state index in [0.717, 1.165) is 0 Å². The van der Waals surface area contributed by atoms with Crippen LogP contribution in [0.25, 0.3) is 0 Å². The first-order valence-electron chi connectivity index (χ1n) is 6.02. The molecule has 0 bridgehead atoms. The van der Waals surface area contributed by atoms with Gasteiger partial charge in [0.15, 0.2) is 5.54 Å². The zero-order valence-corrected chi connectivity index (χ0v) is 10.7. The second-order valence-corrected chi connectivity index (χ2v) is 4.03. The molecule has 0 aliphatic rings. The molecule has 104 valence electrons. The van der Waals surface area contributed by atoms with Crippen LogP contribution in [0.3, 0.4) is 0 Å². The van der Waals surface area contributed by atoms with Gasteiger partial charge in [0.2, 0.25) is 0 Å². The van der Waals surface area contributed by atoms with Gasteiger partial charge in [-0.05, 0) is 12.0 Å². The minimum Gasteiger partial charge on any atom is -0.479 e. The highest BCUT2D eigenvalue weighted by Crippen LogP contribution is 2.25. The third-order valence-corrected chi connectivity index (χ3v) is 2.89. The maximum absolute atomic E-state index is 11.7. The quantitative estimate of drug-likeness (QED) is 0.608. The van der Waals surface area contributed by atoms with E-state index in [1.807, 2.05) is 0 Å². The first-order chi connectivity index (χ1) is 9.06. The van der Waals surface area contributed by atoms with Crippen LogP contribution in [0.1, 0.15) is 18.9 Å². The number of urea groups is 1. The Bertz CT molecular complexity index is 436. The normalized spacial score (nSPS) is 13.4. The molecule has 19 heavy (non-hydrogen) atoms. The SMILES string of the molecule is CC[C@](NC(=O)NCCO)(C(=O)O)c1ccccc1. The van der Waals surface area contributed by atoms with Crippen LogP contribution >= 0.6 is 0 Å². The van der Waals surface area contributed by atoms with Gasteiger partial charge in [0.25, 0.3) is 0 Å². The summed E-state index contributed by atoms with van der Waals surface area (Å²) in [7, 11) is 0. The summed E-state index contributed by atoms with van der Waals surface area (Å²) in [6, 6.07) is 7.90. The average molecular weight is 266 g/mol. The molecule has 0 radical (unpaired) electrons. The van der Waals surface area contributed by atoms with Crippen LogP contribution in [0.5, 0.6) is 0 Å². The number of aliphatic hydroxyl groups is 1. The zero-order valence-electron chi connectivity index (χ0n) is 10.7. The molecule has 0 aliphatic carbocycles. The molecule has 0 spiro atoms. The molecule has 1 aromatic rings. The summed E-state index contributed by atoms with van der Waals surface area (Å²) >= 11 is 0. The molecule has 0 fully saturated rings. The third kappa shape index (κ3) is 3.45. The molecular weight excluding hydrogens is 248 g/mol. The van der Waals surface area contributed by atoms with Crippen molar-refractivity contribution >= 4 is 12.0 Å². The van der Waals surface area contributed by atoms with Crippen LogP contribution in [-0.4, -0.2) is 35.4 Å². The van der Waals surface area contributed by atoms with Crippen molar-refractivity contribution in [2.45, 2.75) is 18.9 Å². The summed E-state index contributed by atoms with van der Waals surface area (Å²) in [5.74, 6) is -1.12. The van der Waals surface area contributed by atoms with Crippen molar-refractivity contribution in [3.05, 3.63) is 35.9 Å². The van der Waals surface area contributed by atoms with Gasteiger partial charge in [0.05, 0.1) is 6.61 Å². The molecule has 0 unspecified atom stereocenters. The summed E-state index contributed by atoms with van der Waals surface area (Å²) in [6.45, 7) is 1.55.